The van der Waals surface area contributed by atoms with E-state index in [2.05, 4.69) is 4.98 Å². The molecule has 0 radical (unpaired) electrons. The Hall–Kier alpha value is -2.66. The van der Waals surface area contributed by atoms with Crippen LogP contribution >= 0.6 is 11.6 Å². The van der Waals surface area contributed by atoms with Crippen molar-refractivity contribution >= 4 is 34.5 Å². The van der Waals surface area contributed by atoms with E-state index in [1.807, 2.05) is 0 Å². The number of hydrogen-bond acceptors (Lipinski definition) is 4. The van der Waals surface area contributed by atoms with Gasteiger partial charge in [0.2, 0.25) is 5.89 Å². The van der Waals surface area contributed by atoms with E-state index in [9.17, 15) is 9.59 Å². The molecule has 2 aromatic carbocycles. The maximum absolute atomic E-state index is 12.3. The number of aromatic nitrogens is 1. The first-order chi connectivity index (χ1) is 11.1. The minimum Gasteiger partial charge on any atom is -0.436 e. The summed E-state index contributed by atoms with van der Waals surface area (Å²) in [5, 5.41) is 0.575. The molecule has 3 aromatic rings. The lowest BCUT2D eigenvalue weighted by molar-refractivity contribution is 0.0663. The fourth-order valence-electron chi connectivity index (χ4n) is 2.74. The van der Waals surface area contributed by atoms with Gasteiger partial charge in [0.05, 0.1) is 11.1 Å². The van der Waals surface area contributed by atoms with Crippen molar-refractivity contribution in [3.05, 3.63) is 52.5 Å². The van der Waals surface area contributed by atoms with Gasteiger partial charge in [-0.25, -0.2) is 4.98 Å². The summed E-state index contributed by atoms with van der Waals surface area (Å²) in [6.45, 7) is 2.12. The monoisotopic (exact) mass is 326 g/mol. The second-order valence-corrected chi connectivity index (χ2v) is 5.68. The van der Waals surface area contributed by atoms with Gasteiger partial charge in [0.15, 0.2) is 5.58 Å². The van der Waals surface area contributed by atoms with Gasteiger partial charge in [-0.15, -0.1) is 0 Å². The van der Waals surface area contributed by atoms with E-state index in [0.29, 0.717) is 45.2 Å². The van der Waals surface area contributed by atoms with Crippen molar-refractivity contribution in [2.75, 3.05) is 6.54 Å². The van der Waals surface area contributed by atoms with Crippen LogP contribution in [0.15, 0.2) is 40.8 Å². The van der Waals surface area contributed by atoms with Crippen molar-refractivity contribution in [3.63, 3.8) is 0 Å². The number of carbonyl (C=O) groups excluding carboxylic acids is 2. The highest BCUT2D eigenvalue weighted by Crippen LogP contribution is 2.30. The zero-order valence-corrected chi connectivity index (χ0v) is 12.9. The largest absolute Gasteiger partial charge is 0.436 e. The number of carbonyl (C=O) groups is 2. The molecule has 0 aliphatic carbocycles. The first-order valence-electron chi connectivity index (χ1n) is 7.15. The molecule has 1 aromatic heterocycles. The molecule has 114 valence electrons. The van der Waals surface area contributed by atoms with Crippen molar-refractivity contribution in [3.8, 4) is 11.5 Å². The lowest BCUT2D eigenvalue weighted by atomic mass is 10.1. The molecule has 2 amide bonds. The highest BCUT2D eigenvalue weighted by Gasteiger charge is 2.34. The number of halogens is 1. The number of nitrogens with zero attached hydrogens (tertiary/aromatic N) is 2. The molecule has 1 aliphatic rings. The van der Waals surface area contributed by atoms with E-state index in [1.54, 1.807) is 43.3 Å². The second kappa shape index (κ2) is 4.93. The molecule has 1 aliphatic heterocycles. The normalized spacial score (nSPS) is 13.9. The zero-order valence-electron chi connectivity index (χ0n) is 12.2. The third-order valence-electron chi connectivity index (χ3n) is 3.88. The fourth-order valence-corrected chi connectivity index (χ4v) is 2.90. The first-order valence-corrected chi connectivity index (χ1v) is 7.53. The van der Waals surface area contributed by atoms with Gasteiger partial charge in [0.25, 0.3) is 11.8 Å². The van der Waals surface area contributed by atoms with E-state index in [4.69, 9.17) is 16.0 Å². The maximum Gasteiger partial charge on any atom is 0.261 e. The molecule has 2 heterocycles. The van der Waals surface area contributed by atoms with Gasteiger partial charge >= 0.3 is 0 Å². The Kier molecular flexibility index (Phi) is 2.99. The quantitative estimate of drug-likeness (QED) is 0.672. The Bertz CT molecular complexity index is 977. The van der Waals surface area contributed by atoms with Crippen LogP contribution in [0.25, 0.3) is 22.6 Å². The number of rotatable bonds is 2. The highest BCUT2D eigenvalue weighted by atomic mass is 35.5. The van der Waals surface area contributed by atoms with Crippen molar-refractivity contribution in [1.82, 2.24) is 9.88 Å². The van der Waals surface area contributed by atoms with Crippen LogP contribution in [0.4, 0.5) is 0 Å². The molecule has 0 atom stereocenters. The zero-order chi connectivity index (χ0) is 16.1. The standard InChI is InChI=1S/C17H11ClN2O3/c1-2-20-16(21)11-5-3-9(7-12(11)17(20)22)15-19-13-8-10(18)4-6-14(13)23-15/h3-8H,2H2,1H3. The summed E-state index contributed by atoms with van der Waals surface area (Å²) in [5.74, 6) is -0.155. The van der Waals surface area contributed by atoms with Crippen molar-refractivity contribution < 1.29 is 14.0 Å². The fraction of sp³-hybridized carbons (Fsp3) is 0.118. The maximum atomic E-state index is 12.3. The number of benzene rings is 2. The van der Waals surface area contributed by atoms with E-state index < -0.39 is 0 Å². The van der Waals surface area contributed by atoms with E-state index in [0.717, 1.165) is 0 Å². The average molecular weight is 327 g/mol. The summed E-state index contributed by atoms with van der Waals surface area (Å²) >= 11 is 5.95. The number of fused-ring (bicyclic) bond motifs is 2. The van der Waals surface area contributed by atoms with Crippen molar-refractivity contribution in [2.24, 2.45) is 0 Å². The molecule has 6 heteroatoms. The Morgan fingerprint density at radius 3 is 2.65 bits per heavy atom. The summed E-state index contributed by atoms with van der Waals surface area (Å²) in [6.07, 6.45) is 0. The van der Waals surface area contributed by atoms with Crippen molar-refractivity contribution in [1.29, 1.82) is 0 Å². The van der Waals surface area contributed by atoms with Gasteiger partial charge in [-0.05, 0) is 43.3 Å². The summed E-state index contributed by atoms with van der Waals surface area (Å²) in [6, 6.07) is 10.2. The molecule has 0 saturated carbocycles. The van der Waals surface area contributed by atoms with E-state index in [-0.39, 0.29) is 11.8 Å². The van der Waals surface area contributed by atoms with Gasteiger partial charge in [-0.3, -0.25) is 14.5 Å². The molecule has 4 rings (SSSR count). The van der Waals surface area contributed by atoms with E-state index >= 15 is 0 Å². The topological polar surface area (TPSA) is 63.4 Å². The van der Waals surface area contributed by atoms with Crippen LogP contribution in [-0.2, 0) is 0 Å². The third kappa shape index (κ3) is 2.04. The lowest BCUT2D eigenvalue weighted by Crippen LogP contribution is -2.29. The van der Waals surface area contributed by atoms with Crippen LogP contribution in [0, 0.1) is 0 Å². The minimum atomic E-state index is -0.284. The SMILES string of the molecule is CCN1C(=O)c2ccc(-c3nc4cc(Cl)ccc4o3)cc2C1=O. The first kappa shape index (κ1) is 14.0. The molecule has 0 bridgehead atoms. The molecule has 0 unspecified atom stereocenters. The minimum absolute atomic E-state index is 0.261. The van der Waals surface area contributed by atoms with Gasteiger partial charge in [0, 0.05) is 17.1 Å². The molecular formula is C17H11ClN2O3. The number of imide groups is 1. The van der Waals surface area contributed by atoms with Gasteiger partial charge in [-0.1, -0.05) is 11.6 Å². The predicted molar refractivity (Wildman–Crippen MR) is 85.5 cm³/mol. The predicted octanol–water partition coefficient (Wildman–Crippen LogP) is 3.76. The van der Waals surface area contributed by atoms with Crippen LogP contribution in [0.3, 0.4) is 0 Å². The highest BCUT2D eigenvalue weighted by molar-refractivity contribution is 6.31. The average Bonchev–Trinajstić information content (AvgIpc) is 3.06. The van der Waals surface area contributed by atoms with Crippen LogP contribution in [-0.4, -0.2) is 28.2 Å². The Balaban J connectivity index is 1.83. The van der Waals surface area contributed by atoms with Crippen LogP contribution in [0.2, 0.25) is 5.02 Å². The molecule has 5 nitrogen and oxygen atoms in total. The van der Waals surface area contributed by atoms with Crippen LogP contribution in [0.5, 0.6) is 0 Å². The Morgan fingerprint density at radius 1 is 1.09 bits per heavy atom. The van der Waals surface area contributed by atoms with Gasteiger partial charge < -0.3 is 4.42 Å². The third-order valence-corrected chi connectivity index (χ3v) is 4.12. The van der Waals surface area contributed by atoms with Gasteiger partial charge in [-0.2, -0.15) is 0 Å². The van der Waals surface area contributed by atoms with Crippen LogP contribution < -0.4 is 0 Å². The van der Waals surface area contributed by atoms with Gasteiger partial charge in [0.1, 0.15) is 5.52 Å². The summed E-state index contributed by atoms with van der Waals surface area (Å²) < 4.78 is 5.70. The molecular weight excluding hydrogens is 316 g/mol. The molecule has 0 saturated heterocycles. The molecule has 0 fully saturated rings. The van der Waals surface area contributed by atoms with Crippen molar-refractivity contribution in [2.45, 2.75) is 6.92 Å². The number of oxazole rings is 1. The molecule has 0 N–H and O–H groups in total. The smallest absolute Gasteiger partial charge is 0.261 e. The summed E-state index contributed by atoms with van der Waals surface area (Å²) in [7, 11) is 0. The number of amides is 2. The summed E-state index contributed by atoms with van der Waals surface area (Å²) in [4.78, 5) is 30.0. The van der Waals surface area contributed by atoms with Crippen LogP contribution in [0.1, 0.15) is 27.6 Å². The lowest BCUT2D eigenvalue weighted by Gasteiger charge is -2.08. The van der Waals surface area contributed by atoms with E-state index in [1.165, 1.54) is 4.90 Å². The molecule has 0 spiro atoms. The number of hydrogen-bond donors (Lipinski definition) is 0. The Labute approximate surface area is 136 Å². The molecule has 23 heavy (non-hydrogen) atoms. The second-order valence-electron chi connectivity index (χ2n) is 5.25. The Morgan fingerprint density at radius 2 is 1.87 bits per heavy atom. The summed E-state index contributed by atoms with van der Waals surface area (Å²) in [5.41, 5.74) is 2.71.